The molecule has 1 amide bonds. The number of pyridine rings is 1. The summed E-state index contributed by atoms with van der Waals surface area (Å²) in [5.74, 6) is -0.338. The van der Waals surface area contributed by atoms with Gasteiger partial charge in [0.25, 0.3) is 0 Å². The van der Waals surface area contributed by atoms with E-state index in [-0.39, 0.29) is 11.2 Å². The molecule has 1 atom stereocenters. The van der Waals surface area contributed by atoms with Crippen molar-refractivity contribution >= 4 is 27.5 Å². The Hall–Kier alpha value is -1.46. The van der Waals surface area contributed by atoms with E-state index in [4.69, 9.17) is 5.73 Å². The smallest absolute Gasteiger partial charge is 0.235 e. The minimum absolute atomic E-state index is 0.338. The molecule has 0 saturated carbocycles. The van der Waals surface area contributed by atoms with Crippen LogP contribution in [0.3, 0.4) is 0 Å². The molecule has 5 heteroatoms. The molecular weight excluding hydrogens is 264 g/mol. The predicted octanol–water partition coefficient (Wildman–Crippen LogP) is 3.05. The van der Waals surface area contributed by atoms with Gasteiger partial charge in [-0.1, -0.05) is 47.2 Å². The molecule has 0 spiro atoms. The number of benzene rings is 1. The zero-order chi connectivity index (χ0) is 12.8. The Balaban J connectivity index is 2.06. The molecule has 0 saturated heterocycles. The molecule has 0 aliphatic carbocycles. The quantitative estimate of drug-likeness (QED) is 0.853. The van der Waals surface area contributed by atoms with Crippen LogP contribution in [0.2, 0.25) is 0 Å². The fraction of sp³-hybridized carbons (Fsp3) is 0.0769. The molecule has 1 aromatic carbocycles. The van der Waals surface area contributed by atoms with E-state index in [0.29, 0.717) is 0 Å². The first kappa shape index (κ1) is 13.0. The van der Waals surface area contributed by atoms with Crippen LogP contribution in [0.1, 0.15) is 10.8 Å². The van der Waals surface area contributed by atoms with Crippen LogP contribution >= 0.6 is 21.6 Å². The van der Waals surface area contributed by atoms with E-state index in [1.807, 2.05) is 48.5 Å². The number of primary amides is 1. The second kappa shape index (κ2) is 6.47. The molecule has 1 aromatic heterocycles. The molecule has 2 aromatic rings. The summed E-state index contributed by atoms with van der Waals surface area (Å²) >= 11 is 0. The Morgan fingerprint density at radius 3 is 2.44 bits per heavy atom. The summed E-state index contributed by atoms with van der Waals surface area (Å²) in [5, 5.41) is 0.503. The van der Waals surface area contributed by atoms with Gasteiger partial charge >= 0.3 is 0 Å². The number of rotatable bonds is 5. The van der Waals surface area contributed by atoms with Crippen molar-refractivity contribution in [2.75, 3.05) is 0 Å². The lowest BCUT2D eigenvalue weighted by atomic mass is 10.1. The lowest BCUT2D eigenvalue weighted by molar-refractivity contribution is -0.117. The highest BCUT2D eigenvalue weighted by Crippen LogP contribution is 2.41. The van der Waals surface area contributed by atoms with Crippen molar-refractivity contribution in [3.63, 3.8) is 0 Å². The third-order valence-electron chi connectivity index (χ3n) is 2.23. The Morgan fingerprint density at radius 2 is 1.83 bits per heavy atom. The molecular formula is C13H12N2OS2. The Kier molecular flexibility index (Phi) is 4.66. The number of nitrogens with two attached hydrogens (primary N) is 1. The number of hydrogen-bond donors (Lipinski definition) is 1. The largest absolute Gasteiger partial charge is 0.368 e. The molecule has 3 nitrogen and oxygen atoms in total. The summed E-state index contributed by atoms with van der Waals surface area (Å²) < 4.78 is 0. The van der Waals surface area contributed by atoms with Crippen molar-refractivity contribution in [1.29, 1.82) is 0 Å². The van der Waals surface area contributed by atoms with Gasteiger partial charge in [0.2, 0.25) is 5.91 Å². The van der Waals surface area contributed by atoms with E-state index in [9.17, 15) is 4.79 Å². The maximum atomic E-state index is 11.5. The van der Waals surface area contributed by atoms with E-state index in [1.54, 1.807) is 6.20 Å². The van der Waals surface area contributed by atoms with Gasteiger partial charge in [0.05, 0.1) is 0 Å². The zero-order valence-electron chi connectivity index (χ0n) is 9.52. The summed E-state index contributed by atoms with van der Waals surface area (Å²) in [6, 6.07) is 15.2. The number of aromatic nitrogens is 1. The third-order valence-corrected chi connectivity index (χ3v) is 4.81. The summed E-state index contributed by atoms with van der Waals surface area (Å²) in [6.07, 6.45) is 1.73. The van der Waals surface area contributed by atoms with Crippen LogP contribution in [0.5, 0.6) is 0 Å². The lowest BCUT2D eigenvalue weighted by Crippen LogP contribution is -2.18. The third kappa shape index (κ3) is 3.51. The summed E-state index contributed by atoms with van der Waals surface area (Å²) in [6.45, 7) is 0. The van der Waals surface area contributed by atoms with Crippen molar-refractivity contribution in [2.45, 2.75) is 10.3 Å². The van der Waals surface area contributed by atoms with Crippen molar-refractivity contribution in [3.05, 3.63) is 60.3 Å². The standard InChI is InChI=1S/C13H12N2OS2/c14-13(16)12(10-6-2-1-3-7-10)18-17-11-8-4-5-9-15-11/h1-9,12H,(H2,14,16). The van der Waals surface area contributed by atoms with Crippen LogP contribution in [-0.4, -0.2) is 10.9 Å². The highest BCUT2D eigenvalue weighted by molar-refractivity contribution is 8.76. The van der Waals surface area contributed by atoms with Gasteiger partial charge < -0.3 is 5.73 Å². The van der Waals surface area contributed by atoms with E-state index >= 15 is 0 Å². The Morgan fingerprint density at radius 1 is 1.11 bits per heavy atom. The average molecular weight is 276 g/mol. The van der Waals surface area contributed by atoms with Crippen LogP contribution in [0.4, 0.5) is 0 Å². The molecule has 0 bridgehead atoms. The maximum absolute atomic E-state index is 11.5. The van der Waals surface area contributed by atoms with Crippen molar-refractivity contribution in [3.8, 4) is 0 Å². The molecule has 92 valence electrons. The van der Waals surface area contributed by atoms with Gasteiger partial charge in [-0.2, -0.15) is 0 Å². The van der Waals surface area contributed by atoms with E-state index < -0.39 is 0 Å². The Labute approximate surface area is 114 Å². The first-order chi connectivity index (χ1) is 8.77. The van der Waals surface area contributed by atoms with E-state index in [2.05, 4.69) is 4.98 Å². The van der Waals surface area contributed by atoms with Gasteiger partial charge in [-0.05, 0) is 28.5 Å². The van der Waals surface area contributed by atoms with Gasteiger partial charge in [-0.3, -0.25) is 4.79 Å². The van der Waals surface area contributed by atoms with E-state index in [0.717, 1.165) is 10.6 Å². The van der Waals surface area contributed by atoms with Gasteiger partial charge in [0.15, 0.2) is 0 Å². The first-order valence-corrected chi connectivity index (χ1v) is 7.57. The van der Waals surface area contributed by atoms with Crippen LogP contribution in [0, 0.1) is 0 Å². The predicted molar refractivity (Wildman–Crippen MR) is 76.1 cm³/mol. The second-order valence-corrected chi connectivity index (χ2v) is 5.87. The van der Waals surface area contributed by atoms with Gasteiger partial charge in [-0.25, -0.2) is 4.98 Å². The summed E-state index contributed by atoms with van der Waals surface area (Å²) in [4.78, 5) is 15.7. The normalized spacial score (nSPS) is 12.0. The summed E-state index contributed by atoms with van der Waals surface area (Å²) in [7, 11) is 2.87. The molecule has 1 heterocycles. The van der Waals surface area contributed by atoms with Crippen LogP contribution in [-0.2, 0) is 4.79 Å². The van der Waals surface area contributed by atoms with Crippen LogP contribution < -0.4 is 5.73 Å². The van der Waals surface area contributed by atoms with E-state index in [1.165, 1.54) is 21.6 Å². The Bertz CT molecular complexity index is 505. The second-order valence-electron chi connectivity index (χ2n) is 3.54. The molecule has 0 aliphatic rings. The zero-order valence-corrected chi connectivity index (χ0v) is 11.2. The SMILES string of the molecule is NC(=O)C(SSc1ccccn1)c1ccccc1. The molecule has 18 heavy (non-hydrogen) atoms. The number of amides is 1. The minimum atomic E-state index is -0.363. The van der Waals surface area contributed by atoms with Crippen molar-refractivity contribution < 1.29 is 4.79 Å². The van der Waals surface area contributed by atoms with Crippen LogP contribution in [0.15, 0.2) is 59.8 Å². The molecule has 2 rings (SSSR count). The minimum Gasteiger partial charge on any atom is -0.368 e. The molecule has 1 unspecified atom stereocenters. The van der Waals surface area contributed by atoms with Gasteiger partial charge in [0.1, 0.15) is 10.3 Å². The van der Waals surface area contributed by atoms with Gasteiger partial charge in [-0.15, -0.1) is 0 Å². The molecule has 0 fully saturated rings. The van der Waals surface area contributed by atoms with Crippen molar-refractivity contribution in [2.24, 2.45) is 5.73 Å². The highest BCUT2D eigenvalue weighted by Gasteiger charge is 2.18. The number of hydrogen-bond acceptors (Lipinski definition) is 4. The van der Waals surface area contributed by atoms with Crippen LogP contribution in [0.25, 0.3) is 0 Å². The fourth-order valence-corrected chi connectivity index (χ4v) is 3.68. The monoisotopic (exact) mass is 276 g/mol. The topological polar surface area (TPSA) is 56.0 Å². The number of carbonyl (C=O) groups is 1. The number of nitrogens with zero attached hydrogens (tertiary/aromatic N) is 1. The fourth-order valence-electron chi connectivity index (χ4n) is 1.39. The number of carbonyl (C=O) groups excluding carboxylic acids is 1. The molecule has 2 N–H and O–H groups in total. The van der Waals surface area contributed by atoms with Gasteiger partial charge in [0, 0.05) is 6.20 Å². The molecule has 0 aliphatic heterocycles. The average Bonchev–Trinajstić information content (AvgIpc) is 2.41. The first-order valence-electron chi connectivity index (χ1n) is 5.36. The molecule has 0 radical (unpaired) electrons. The summed E-state index contributed by atoms with van der Waals surface area (Å²) in [5.41, 5.74) is 6.35. The maximum Gasteiger partial charge on any atom is 0.235 e. The highest BCUT2D eigenvalue weighted by atomic mass is 33.1. The van der Waals surface area contributed by atoms with Crippen molar-refractivity contribution in [1.82, 2.24) is 4.98 Å². The lowest BCUT2D eigenvalue weighted by Gasteiger charge is -2.11.